The molecule has 1 atom stereocenters. The first-order valence-corrected chi connectivity index (χ1v) is 12.7. The van der Waals surface area contributed by atoms with Crippen LogP contribution in [0.25, 0.3) is 0 Å². The minimum atomic E-state index is -0.502. The van der Waals surface area contributed by atoms with E-state index >= 15 is 0 Å². The van der Waals surface area contributed by atoms with Crippen LogP contribution in [0.1, 0.15) is 17.2 Å². The number of nitrogens with zero attached hydrogens (tertiary/aromatic N) is 2. The van der Waals surface area contributed by atoms with Gasteiger partial charge in [0.25, 0.3) is 0 Å². The molecule has 3 aromatic rings. The Kier molecular flexibility index (Phi) is 9.53. The van der Waals surface area contributed by atoms with Gasteiger partial charge in [-0.3, -0.25) is 9.80 Å². The lowest BCUT2D eigenvalue weighted by Crippen LogP contribution is -2.50. The van der Waals surface area contributed by atoms with Gasteiger partial charge in [-0.2, -0.15) is 0 Å². The number of benzene rings is 3. The van der Waals surface area contributed by atoms with E-state index in [9.17, 15) is 5.11 Å². The highest BCUT2D eigenvalue weighted by Crippen LogP contribution is 2.29. The summed E-state index contributed by atoms with van der Waals surface area (Å²) in [5.41, 5.74) is 2.64. The van der Waals surface area contributed by atoms with E-state index < -0.39 is 6.10 Å². The first-order chi connectivity index (χ1) is 16.7. The molecule has 34 heavy (non-hydrogen) atoms. The molecule has 0 saturated carbocycles. The Bertz CT molecular complexity index is 924. The van der Waals surface area contributed by atoms with Gasteiger partial charge in [0, 0.05) is 37.2 Å². The molecule has 1 aliphatic rings. The van der Waals surface area contributed by atoms with Gasteiger partial charge < -0.3 is 14.6 Å². The normalized spacial score (nSPS) is 16.0. The highest BCUT2D eigenvalue weighted by Gasteiger charge is 2.27. The Morgan fingerprint density at radius 1 is 0.765 bits per heavy atom. The van der Waals surface area contributed by atoms with Crippen LogP contribution in [-0.2, 0) is 4.74 Å². The van der Waals surface area contributed by atoms with E-state index in [0.717, 1.165) is 36.4 Å². The molecule has 1 saturated heterocycles. The minimum absolute atomic E-state index is 0.253. The van der Waals surface area contributed by atoms with Crippen molar-refractivity contribution in [1.82, 2.24) is 9.80 Å². The van der Waals surface area contributed by atoms with Crippen LogP contribution in [0.5, 0.6) is 5.75 Å². The largest absolute Gasteiger partial charge is 0.491 e. The second kappa shape index (κ2) is 13.0. The molecule has 0 radical (unpaired) electrons. The lowest BCUT2D eigenvalue weighted by Gasteiger charge is -2.40. The van der Waals surface area contributed by atoms with Crippen LogP contribution >= 0.6 is 15.9 Å². The van der Waals surface area contributed by atoms with Gasteiger partial charge in [0.2, 0.25) is 0 Å². The summed E-state index contributed by atoms with van der Waals surface area (Å²) in [7, 11) is 0. The molecule has 3 aromatic carbocycles. The fourth-order valence-corrected chi connectivity index (χ4v) is 4.67. The number of rotatable bonds is 11. The number of ether oxygens (including phenoxy) is 2. The van der Waals surface area contributed by atoms with Crippen LogP contribution in [0, 0.1) is 0 Å². The Labute approximate surface area is 211 Å². The third-order valence-corrected chi connectivity index (χ3v) is 6.62. The molecule has 1 unspecified atom stereocenters. The van der Waals surface area contributed by atoms with Crippen molar-refractivity contribution in [3.8, 4) is 5.75 Å². The van der Waals surface area contributed by atoms with E-state index in [-0.39, 0.29) is 6.04 Å². The van der Waals surface area contributed by atoms with E-state index in [2.05, 4.69) is 86.4 Å². The maximum absolute atomic E-state index is 10.5. The van der Waals surface area contributed by atoms with Gasteiger partial charge in [0.05, 0.1) is 25.4 Å². The predicted octanol–water partition coefficient (Wildman–Crippen LogP) is 4.61. The van der Waals surface area contributed by atoms with Gasteiger partial charge in [-0.05, 0) is 35.4 Å². The monoisotopic (exact) mass is 524 g/mol. The molecule has 4 rings (SSSR count). The highest BCUT2D eigenvalue weighted by molar-refractivity contribution is 9.10. The minimum Gasteiger partial charge on any atom is -0.491 e. The van der Waals surface area contributed by atoms with Crippen molar-refractivity contribution in [2.45, 2.75) is 12.1 Å². The van der Waals surface area contributed by atoms with Crippen molar-refractivity contribution < 1.29 is 14.6 Å². The zero-order chi connectivity index (χ0) is 23.6. The SMILES string of the molecule is OC(COCCOc1ccc(Br)cc1)CN1CCN(C(c2ccccc2)c2ccccc2)CC1. The van der Waals surface area contributed by atoms with Crippen LogP contribution < -0.4 is 4.74 Å². The molecule has 180 valence electrons. The van der Waals surface area contributed by atoms with Crippen molar-refractivity contribution >= 4 is 15.9 Å². The van der Waals surface area contributed by atoms with Crippen molar-refractivity contribution in [3.05, 3.63) is 101 Å². The fourth-order valence-electron chi connectivity index (χ4n) is 4.41. The molecular weight excluding hydrogens is 492 g/mol. The first-order valence-electron chi connectivity index (χ1n) is 11.9. The number of halogens is 1. The van der Waals surface area contributed by atoms with Crippen LogP contribution in [0.15, 0.2) is 89.4 Å². The van der Waals surface area contributed by atoms with Crippen LogP contribution in [-0.4, -0.2) is 73.6 Å². The number of piperazine rings is 1. The average Bonchev–Trinajstić information content (AvgIpc) is 2.87. The maximum atomic E-state index is 10.5. The zero-order valence-electron chi connectivity index (χ0n) is 19.4. The van der Waals surface area contributed by atoms with E-state index in [1.807, 2.05) is 24.3 Å². The molecule has 1 N–H and O–H groups in total. The zero-order valence-corrected chi connectivity index (χ0v) is 21.0. The third kappa shape index (κ3) is 7.39. The lowest BCUT2D eigenvalue weighted by molar-refractivity contribution is -0.00191. The van der Waals surface area contributed by atoms with Crippen molar-refractivity contribution in [2.75, 3.05) is 52.5 Å². The van der Waals surface area contributed by atoms with Gasteiger partial charge in [0.15, 0.2) is 0 Å². The molecule has 1 heterocycles. The standard InChI is InChI=1S/C28H33BrN2O3/c29-25-11-13-27(14-12-25)34-20-19-33-22-26(32)21-30-15-17-31(18-16-30)28(23-7-3-1-4-8-23)24-9-5-2-6-10-24/h1-14,26,28,32H,15-22H2. The summed E-state index contributed by atoms with van der Waals surface area (Å²) < 4.78 is 12.3. The first kappa shape index (κ1) is 24.9. The fraction of sp³-hybridized carbons (Fsp3) is 0.357. The number of hydrogen-bond donors (Lipinski definition) is 1. The van der Waals surface area contributed by atoms with E-state index in [0.29, 0.717) is 26.4 Å². The molecule has 0 amide bonds. The number of hydrogen-bond acceptors (Lipinski definition) is 5. The molecule has 1 fully saturated rings. The molecule has 6 heteroatoms. The third-order valence-electron chi connectivity index (χ3n) is 6.09. The smallest absolute Gasteiger partial charge is 0.119 e. The molecular formula is C28H33BrN2O3. The van der Waals surface area contributed by atoms with Gasteiger partial charge in [-0.15, -0.1) is 0 Å². The molecule has 0 aromatic heterocycles. The second-order valence-electron chi connectivity index (χ2n) is 8.59. The van der Waals surface area contributed by atoms with E-state index in [4.69, 9.17) is 9.47 Å². The summed E-state index contributed by atoms with van der Waals surface area (Å²) in [6, 6.07) is 29.4. The van der Waals surface area contributed by atoms with Crippen molar-refractivity contribution in [3.63, 3.8) is 0 Å². The topological polar surface area (TPSA) is 45.2 Å². The number of aliphatic hydroxyl groups excluding tert-OH is 1. The molecule has 0 aliphatic carbocycles. The Balaban J connectivity index is 1.19. The van der Waals surface area contributed by atoms with Gasteiger partial charge >= 0.3 is 0 Å². The number of β-amino-alcohol motifs (C(OH)–C–C–N with tert-alkyl or cyclic N) is 1. The highest BCUT2D eigenvalue weighted by atomic mass is 79.9. The van der Waals surface area contributed by atoms with Gasteiger partial charge in [0.1, 0.15) is 12.4 Å². The van der Waals surface area contributed by atoms with Crippen LogP contribution in [0.3, 0.4) is 0 Å². The molecule has 0 bridgehead atoms. The van der Waals surface area contributed by atoms with Crippen LogP contribution in [0.2, 0.25) is 0 Å². The summed E-state index contributed by atoms with van der Waals surface area (Å²) in [5, 5.41) is 10.5. The number of aliphatic hydroxyl groups is 1. The quantitative estimate of drug-likeness (QED) is 0.371. The van der Waals surface area contributed by atoms with E-state index in [1.165, 1.54) is 11.1 Å². The van der Waals surface area contributed by atoms with Crippen molar-refractivity contribution in [1.29, 1.82) is 0 Å². The Morgan fingerprint density at radius 3 is 1.94 bits per heavy atom. The molecule has 1 aliphatic heterocycles. The predicted molar refractivity (Wildman–Crippen MR) is 139 cm³/mol. The lowest BCUT2D eigenvalue weighted by atomic mass is 9.96. The summed E-state index contributed by atoms with van der Waals surface area (Å²) in [4.78, 5) is 4.87. The molecule has 5 nitrogen and oxygen atoms in total. The summed E-state index contributed by atoms with van der Waals surface area (Å²) in [5.74, 6) is 0.814. The second-order valence-corrected chi connectivity index (χ2v) is 9.51. The Hall–Kier alpha value is -2.22. The summed E-state index contributed by atoms with van der Waals surface area (Å²) in [6.07, 6.45) is -0.502. The summed E-state index contributed by atoms with van der Waals surface area (Å²) in [6.45, 7) is 5.65. The van der Waals surface area contributed by atoms with E-state index in [1.54, 1.807) is 0 Å². The maximum Gasteiger partial charge on any atom is 0.119 e. The Morgan fingerprint density at radius 2 is 1.35 bits per heavy atom. The van der Waals surface area contributed by atoms with Crippen LogP contribution in [0.4, 0.5) is 0 Å². The molecule has 0 spiro atoms. The van der Waals surface area contributed by atoms with Gasteiger partial charge in [-0.1, -0.05) is 76.6 Å². The average molecular weight is 525 g/mol. The van der Waals surface area contributed by atoms with Crippen molar-refractivity contribution in [2.24, 2.45) is 0 Å². The van der Waals surface area contributed by atoms with Gasteiger partial charge in [-0.25, -0.2) is 0 Å². The summed E-state index contributed by atoms with van der Waals surface area (Å²) >= 11 is 3.41.